The Morgan fingerprint density at radius 1 is 1.50 bits per heavy atom. The summed E-state index contributed by atoms with van der Waals surface area (Å²) in [7, 11) is 1.50. The Hall–Kier alpha value is -1.22. The molecule has 0 aromatic heterocycles. The summed E-state index contributed by atoms with van der Waals surface area (Å²) in [5.74, 6) is 0.284. The van der Waals surface area contributed by atoms with Gasteiger partial charge in [0.25, 0.3) is 0 Å². The van der Waals surface area contributed by atoms with Crippen molar-refractivity contribution < 1.29 is 14.6 Å². The highest BCUT2D eigenvalue weighted by Crippen LogP contribution is 2.28. The molecule has 0 saturated heterocycles. The number of hydrogen-bond donors (Lipinski definition) is 1. The minimum Gasteiger partial charge on any atom is -0.504 e. The van der Waals surface area contributed by atoms with E-state index in [2.05, 4.69) is 4.74 Å². The number of phenols is 1. The maximum atomic E-state index is 9.26. The van der Waals surface area contributed by atoms with Crippen molar-refractivity contribution in [2.75, 3.05) is 13.9 Å². The molecule has 0 atom stereocenters. The highest BCUT2D eigenvalue weighted by atomic mass is 16.7. The number of methoxy groups -OCH3 is 1. The lowest BCUT2D eigenvalue weighted by Crippen LogP contribution is -2.00. The first-order chi connectivity index (χ1) is 5.75. The number of phenolic OH excluding ortho intramolecular Hbond substituents is 1. The molecule has 3 nitrogen and oxygen atoms in total. The smallest absolute Gasteiger partial charge is 0.188 e. The maximum Gasteiger partial charge on any atom is 0.188 e. The number of para-hydroxylation sites is 1. The molecule has 1 rings (SSSR count). The van der Waals surface area contributed by atoms with E-state index in [0.29, 0.717) is 5.56 Å². The van der Waals surface area contributed by atoms with E-state index in [0.717, 1.165) is 0 Å². The molecule has 1 aromatic rings. The van der Waals surface area contributed by atoms with Crippen LogP contribution in [0.25, 0.3) is 0 Å². The van der Waals surface area contributed by atoms with Gasteiger partial charge in [-0.05, 0) is 6.07 Å². The average Bonchev–Trinajstić information content (AvgIpc) is 2.04. The average molecular weight is 166 g/mol. The Bertz CT molecular complexity index is 238. The summed E-state index contributed by atoms with van der Waals surface area (Å²) in [6.45, 7) is 5.59. The number of benzene rings is 1. The van der Waals surface area contributed by atoms with E-state index in [-0.39, 0.29) is 18.3 Å². The number of ether oxygens (including phenoxy) is 2. The van der Waals surface area contributed by atoms with E-state index in [1.165, 1.54) is 13.2 Å². The molecule has 12 heavy (non-hydrogen) atoms. The van der Waals surface area contributed by atoms with Gasteiger partial charge in [-0.25, -0.2) is 0 Å². The molecule has 0 fully saturated rings. The molecule has 1 N–H and O–H groups in total. The van der Waals surface area contributed by atoms with Crippen molar-refractivity contribution in [1.82, 2.24) is 0 Å². The normalized spacial score (nSPS) is 9.83. The van der Waals surface area contributed by atoms with E-state index in [1.54, 1.807) is 12.1 Å². The van der Waals surface area contributed by atoms with Crippen molar-refractivity contribution in [2.24, 2.45) is 0 Å². The third-order valence-corrected chi connectivity index (χ3v) is 1.35. The van der Waals surface area contributed by atoms with Crippen LogP contribution >= 0.6 is 0 Å². The Balaban J connectivity index is 2.81. The first-order valence-corrected chi connectivity index (χ1v) is 3.45. The third-order valence-electron chi connectivity index (χ3n) is 1.35. The van der Waals surface area contributed by atoms with Gasteiger partial charge in [0, 0.05) is 19.6 Å². The van der Waals surface area contributed by atoms with Gasteiger partial charge in [0.1, 0.15) is 0 Å². The summed E-state index contributed by atoms with van der Waals surface area (Å²) in [4.78, 5) is 0. The van der Waals surface area contributed by atoms with Crippen molar-refractivity contribution in [3.63, 3.8) is 0 Å². The monoisotopic (exact) mass is 166 g/mol. The third kappa shape index (κ3) is 1.89. The topological polar surface area (TPSA) is 38.7 Å². The van der Waals surface area contributed by atoms with Crippen LogP contribution < -0.4 is 4.74 Å². The first-order valence-electron chi connectivity index (χ1n) is 3.45. The molecule has 0 bridgehead atoms. The van der Waals surface area contributed by atoms with E-state index in [1.807, 2.05) is 0 Å². The first kappa shape index (κ1) is 8.87. The van der Waals surface area contributed by atoms with Crippen molar-refractivity contribution in [1.29, 1.82) is 0 Å². The molecule has 0 spiro atoms. The summed E-state index contributed by atoms with van der Waals surface area (Å²) in [5, 5.41) is 9.26. The second-order valence-electron chi connectivity index (χ2n) is 2.25. The summed E-state index contributed by atoms with van der Waals surface area (Å²) in [6, 6.07) is 4.79. The Morgan fingerprint density at radius 2 is 2.25 bits per heavy atom. The lowest BCUT2D eigenvalue weighted by atomic mass is 10.2. The molecule has 0 amide bonds. The second-order valence-corrected chi connectivity index (χ2v) is 2.25. The van der Waals surface area contributed by atoms with Gasteiger partial charge in [-0.3, -0.25) is 0 Å². The fourth-order valence-corrected chi connectivity index (χ4v) is 0.817. The molecular formula is C9H10O3. The van der Waals surface area contributed by atoms with Crippen LogP contribution in [0.4, 0.5) is 0 Å². The lowest BCUT2D eigenvalue weighted by Gasteiger charge is -2.08. The number of aromatic hydroxyl groups is 1. The summed E-state index contributed by atoms with van der Waals surface area (Å²) in [5.41, 5.74) is 0.395. The lowest BCUT2D eigenvalue weighted by molar-refractivity contribution is 0.0489. The van der Waals surface area contributed by atoms with E-state index in [4.69, 9.17) is 11.7 Å². The van der Waals surface area contributed by atoms with Crippen LogP contribution in [0, 0.1) is 6.92 Å². The van der Waals surface area contributed by atoms with Crippen LogP contribution in [0.3, 0.4) is 0 Å². The summed E-state index contributed by atoms with van der Waals surface area (Å²) in [6.07, 6.45) is 0. The fraction of sp³-hybridized carbons (Fsp3) is 0.222. The van der Waals surface area contributed by atoms with Gasteiger partial charge < -0.3 is 14.6 Å². The number of hydrogen-bond acceptors (Lipinski definition) is 3. The van der Waals surface area contributed by atoms with Gasteiger partial charge in [-0.2, -0.15) is 0 Å². The van der Waals surface area contributed by atoms with Gasteiger partial charge in [-0.15, -0.1) is 0 Å². The molecule has 0 aliphatic rings. The fourth-order valence-electron chi connectivity index (χ4n) is 0.817. The Labute approximate surface area is 71.5 Å². The predicted molar refractivity (Wildman–Crippen MR) is 44.0 cm³/mol. The molecule has 1 aromatic carbocycles. The van der Waals surface area contributed by atoms with Crippen LogP contribution in [0.15, 0.2) is 18.2 Å². The summed E-state index contributed by atoms with van der Waals surface area (Å²) < 4.78 is 9.69. The minimum atomic E-state index is 0.0204. The number of rotatable bonds is 3. The van der Waals surface area contributed by atoms with Crippen molar-refractivity contribution >= 4 is 0 Å². The molecule has 3 heteroatoms. The zero-order chi connectivity index (χ0) is 8.97. The van der Waals surface area contributed by atoms with Crippen molar-refractivity contribution in [2.45, 2.75) is 0 Å². The van der Waals surface area contributed by atoms with E-state index < -0.39 is 0 Å². The molecule has 0 aliphatic heterocycles. The largest absolute Gasteiger partial charge is 0.504 e. The van der Waals surface area contributed by atoms with Gasteiger partial charge in [0.2, 0.25) is 0 Å². The van der Waals surface area contributed by atoms with Crippen molar-refractivity contribution in [3.05, 3.63) is 30.7 Å². The quantitative estimate of drug-likeness (QED) is 0.690. The van der Waals surface area contributed by atoms with Crippen molar-refractivity contribution in [3.8, 4) is 11.5 Å². The standard InChI is InChI=1S/C9H10O3/c1-7-4-3-5-8(10)9(7)12-6-11-2/h1,3-5,10H,6H2,2H3. The molecule has 0 saturated carbocycles. The minimum absolute atomic E-state index is 0.0204. The molecule has 2 radical (unpaired) electrons. The predicted octanol–water partition coefficient (Wildman–Crippen LogP) is 1.43. The SMILES string of the molecule is [CH]c1cccc(O)c1OCOC. The summed E-state index contributed by atoms with van der Waals surface area (Å²) >= 11 is 0. The molecule has 0 unspecified atom stereocenters. The Morgan fingerprint density at radius 3 is 2.83 bits per heavy atom. The van der Waals surface area contributed by atoms with Crippen LogP contribution in [0.1, 0.15) is 5.56 Å². The van der Waals surface area contributed by atoms with E-state index in [9.17, 15) is 5.11 Å². The molecule has 0 heterocycles. The second kappa shape index (κ2) is 3.97. The van der Waals surface area contributed by atoms with Crippen LogP contribution in [-0.4, -0.2) is 19.0 Å². The maximum absolute atomic E-state index is 9.26. The highest BCUT2D eigenvalue weighted by molar-refractivity contribution is 5.46. The van der Waals surface area contributed by atoms with Crippen LogP contribution in [-0.2, 0) is 4.74 Å². The Kier molecular flexibility index (Phi) is 2.94. The molecule has 0 aliphatic carbocycles. The zero-order valence-corrected chi connectivity index (χ0v) is 6.78. The van der Waals surface area contributed by atoms with Crippen LogP contribution in [0.2, 0.25) is 0 Å². The van der Waals surface area contributed by atoms with E-state index >= 15 is 0 Å². The van der Waals surface area contributed by atoms with Gasteiger partial charge in [0.05, 0.1) is 0 Å². The highest BCUT2D eigenvalue weighted by Gasteiger charge is 2.04. The van der Waals surface area contributed by atoms with Gasteiger partial charge >= 0.3 is 0 Å². The molecule has 64 valence electrons. The molecular weight excluding hydrogens is 156 g/mol. The van der Waals surface area contributed by atoms with Gasteiger partial charge in [-0.1, -0.05) is 12.1 Å². The zero-order valence-electron chi connectivity index (χ0n) is 6.78. The van der Waals surface area contributed by atoms with Gasteiger partial charge in [0.15, 0.2) is 18.3 Å². The van der Waals surface area contributed by atoms with Crippen LogP contribution in [0.5, 0.6) is 11.5 Å².